The molecular formula is C59H108O6. The maximum Gasteiger partial charge on any atom is 0.306 e. The van der Waals surface area contributed by atoms with Crippen molar-refractivity contribution in [3.63, 3.8) is 0 Å². The first kappa shape index (κ1) is 62.6. The van der Waals surface area contributed by atoms with E-state index in [2.05, 4.69) is 57.2 Å². The molecule has 0 fully saturated rings. The highest BCUT2D eigenvalue weighted by atomic mass is 16.6. The summed E-state index contributed by atoms with van der Waals surface area (Å²) in [6, 6.07) is 0. The lowest BCUT2D eigenvalue weighted by Gasteiger charge is -2.18. The summed E-state index contributed by atoms with van der Waals surface area (Å²) in [4.78, 5) is 38.0. The average molecular weight is 914 g/mol. The molecule has 380 valence electrons. The molecule has 0 amide bonds. The number of carbonyl (C=O) groups excluding carboxylic acids is 3. The van der Waals surface area contributed by atoms with Crippen LogP contribution in [-0.2, 0) is 28.6 Å². The summed E-state index contributed by atoms with van der Waals surface area (Å²) < 4.78 is 16.8. The first-order chi connectivity index (χ1) is 32.0. The van der Waals surface area contributed by atoms with Crippen LogP contribution in [0.2, 0.25) is 0 Å². The van der Waals surface area contributed by atoms with E-state index >= 15 is 0 Å². The van der Waals surface area contributed by atoms with Crippen molar-refractivity contribution in [1.82, 2.24) is 0 Å². The Morgan fingerprint density at radius 1 is 0.308 bits per heavy atom. The molecule has 6 nitrogen and oxygen atoms in total. The zero-order valence-corrected chi connectivity index (χ0v) is 43.5. The lowest BCUT2D eigenvalue weighted by molar-refractivity contribution is -0.167. The number of esters is 3. The molecule has 0 spiro atoms. The van der Waals surface area contributed by atoms with Crippen molar-refractivity contribution in [3.8, 4) is 0 Å². The van der Waals surface area contributed by atoms with Gasteiger partial charge in [0.05, 0.1) is 0 Å². The lowest BCUT2D eigenvalue weighted by Crippen LogP contribution is -2.30. The van der Waals surface area contributed by atoms with Gasteiger partial charge in [0.1, 0.15) is 13.2 Å². The SMILES string of the molecule is CCC/C=C\C/C=C\CCCCCCCC(=O)OC(COC(=O)CCCCCCC/C=C\CCCC)COC(=O)CCCCCCCCCCCCCCCCCCCCCCCCC. The van der Waals surface area contributed by atoms with Gasteiger partial charge in [-0.15, -0.1) is 0 Å². The van der Waals surface area contributed by atoms with E-state index in [1.165, 1.54) is 167 Å². The van der Waals surface area contributed by atoms with E-state index in [9.17, 15) is 14.4 Å². The molecule has 0 aliphatic rings. The van der Waals surface area contributed by atoms with Gasteiger partial charge in [-0.25, -0.2) is 0 Å². The van der Waals surface area contributed by atoms with Crippen molar-refractivity contribution >= 4 is 17.9 Å². The van der Waals surface area contributed by atoms with Gasteiger partial charge in [-0.05, 0) is 64.2 Å². The Balaban J connectivity index is 4.21. The van der Waals surface area contributed by atoms with E-state index < -0.39 is 6.10 Å². The zero-order valence-electron chi connectivity index (χ0n) is 43.5. The fraction of sp³-hybridized carbons (Fsp3) is 0.847. The first-order valence-corrected chi connectivity index (χ1v) is 28.5. The number of hydrogen-bond donors (Lipinski definition) is 0. The van der Waals surface area contributed by atoms with E-state index in [4.69, 9.17) is 14.2 Å². The Kier molecular flexibility index (Phi) is 52.3. The number of allylic oxidation sites excluding steroid dienone is 6. The normalized spacial score (nSPS) is 12.2. The average Bonchev–Trinajstić information content (AvgIpc) is 3.30. The molecule has 0 heterocycles. The molecule has 0 aliphatic heterocycles. The van der Waals surface area contributed by atoms with Crippen LogP contribution in [0.25, 0.3) is 0 Å². The van der Waals surface area contributed by atoms with E-state index in [0.717, 1.165) is 96.3 Å². The highest BCUT2D eigenvalue weighted by Gasteiger charge is 2.19. The molecule has 0 aromatic rings. The fourth-order valence-corrected chi connectivity index (χ4v) is 8.29. The van der Waals surface area contributed by atoms with Crippen LogP contribution in [0.4, 0.5) is 0 Å². The first-order valence-electron chi connectivity index (χ1n) is 28.5. The zero-order chi connectivity index (χ0) is 47.2. The van der Waals surface area contributed by atoms with Crippen LogP contribution in [0.1, 0.15) is 303 Å². The van der Waals surface area contributed by atoms with Gasteiger partial charge >= 0.3 is 17.9 Å². The number of carbonyl (C=O) groups is 3. The predicted octanol–water partition coefficient (Wildman–Crippen LogP) is 18.9. The van der Waals surface area contributed by atoms with Crippen molar-refractivity contribution in [2.24, 2.45) is 0 Å². The fourth-order valence-electron chi connectivity index (χ4n) is 8.29. The third-order valence-corrected chi connectivity index (χ3v) is 12.6. The van der Waals surface area contributed by atoms with Crippen molar-refractivity contribution < 1.29 is 28.6 Å². The molecule has 65 heavy (non-hydrogen) atoms. The lowest BCUT2D eigenvalue weighted by atomic mass is 10.0. The highest BCUT2D eigenvalue weighted by molar-refractivity contribution is 5.71. The minimum absolute atomic E-state index is 0.0774. The van der Waals surface area contributed by atoms with Crippen LogP contribution in [0.5, 0.6) is 0 Å². The monoisotopic (exact) mass is 913 g/mol. The van der Waals surface area contributed by atoms with Gasteiger partial charge in [-0.3, -0.25) is 14.4 Å². The molecule has 1 atom stereocenters. The molecule has 0 aromatic carbocycles. The standard InChI is InChI=1S/C59H108O6/c1-4-7-10-13-16-19-22-24-25-26-27-28-29-30-31-32-33-35-37-40-43-46-49-52-58(61)64-55-56(54-63-57(60)51-48-45-42-39-36-21-18-15-12-9-6-3)65-59(62)53-50-47-44-41-38-34-23-20-17-14-11-8-5-2/h11,14-15,18,20,23,56H,4-10,12-13,16-17,19,21-22,24-55H2,1-3H3/b14-11-,18-15-,23-20-. The molecule has 0 aliphatic carbocycles. The van der Waals surface area contributed by atoms with E-state index in [1.54, 1.807) is 0 Å². The molecule has 0 saturated heterocycles. The summed E-state index contributed by atoms with van der Waals surface area (Å²) in [6.07, 6.45) is 64.4. The molecule has 6 heteroatoms. The van der Waals surface area contributed by atoms with Gasteiger partial charge in [0.2, 0.25) is 0 Å². The predicted molar refractivity (Wildman–Crippen MR) is 279 cm³/mol. The van der Waals surface area contributed by atoms with Gasteiger partial charge in [-0.1, -0.05) is 256 Å². The molecule has 0 saturated carbocycles. The summed E-state index contributed by atoms with van der Waals surface area (Å²) in [5, 5.41) is 0. The van der Waals surface area contributed by atoms with Gasteiger partial charge in [0.15, 0.2) is 6.10 Å². The van der Waals surface area contributed by atoms with Crippen LogP contribution in [0, 0.1) is 0 Å². The summed E-state index contributed by atoms with van der Waals surface area (Å²) in [5.74, 6) is -0.889. The van der Waals surface area contributed by atoms with Crippen LogP contribution in [-0.4, -0.2) is 37.2 Å². The third-order valence-electron chi connectivity index (χ3n) is 12.6. The quantitative estimate of drug-likeness (QED) is 0.0262. The third kappa shape index (κ3) is 52.5. The van der Waals surface area contributed by atoms with Crippen LogP contribution in [0.3, 0.4) is 0 Å². The number of rotatable bonds is 52. The second-order valence-electron chi connectivity index (χ2n) is 19.2. The largest absolute Gasteiger partial charge is 0.462 e. The highest BCUT2D eigenvalue weighted by Crippen LogP contribution is 2.17. The molecular weight excluding hydrogens is 805 g/mol. The summed E-state index contributed by atoms with van der Waals surface area (Å²) in [6.45, 7) is 6.55. The van der Waals surface area contributed by atoms with E-state index in [0.29, 0.717) is 19.3 Å². The van der Waals surface area contributed by atoms with E-state index in [1.807, 2.05) is 0 Å². The van der Waals surface area contributed by atoms with Crippen molar-refractivity contribution in [2.75, 3.05) is 13.2 Å². The molecule has 0 aromatic heterocycles. The Hall–Kier alpha value is -2.37. The summed E-state index contributed by atoms with van der Waals surface area (Å²) in [5.41, 5.74) is 0. The van der Waals surface area contributed by atoms with Gasteiger partial charge in [0.25, 0.3) is 0 Å². The van der Waals surface area contributed by atoms with Crippen molar-refractivity contribution in [1.29, 1.82) is 0 Å². The molecule has 0 bridgehead atoms. The molecule has 0 N–H and O–H groups in total. The Labute approximate surface area is 404 Å². The Bertz CT molecular complexity index is 1090. The van der Waals surface area contributed by atoms with Crippen LogP contribution in [0.15, 0.2) is 36.5 Å². The number of unbranched alkanes of at least 4 members (excludes halogenated alkanes) is 35. The number of hydrogen-bond acceptors (Lipinski definition) is 6. The topological polar surface area (TPSA) is 78.9 Å². The molecule has 0 rings (SSSR count). The summed E-state index contributed by atoms with van der Waals surface area (Å²) >= 11 is 0. The van der Waals surface area contributed by atoms with Gasteiger partial charge < -0.3 is 14.2 Å². The smallest absolute Gasteiger partial charge is 0.306 e. The minimum atomic E-state index is -0.779. The van der Waals surface area contributed by atoms with Crippen LogP contribution < -0.4 is 0 Å². The number of ether oxygens (including phenoxy) is 3. The summed E-state index contributed by atoms with van der Waals surface area (Å²) in [7, 11) is 0. The maximum atomic E-state index is 12.8. The van der Waals surface area contributed by atoms with Gasteiger partial charge in [0, 0.05) is 19.3 Å². The maximum absolute atomic E-state index is 12.8. The van der Waals surface area contributed by atoms with Crippen LogP contribution >= 0.6 is 0 Å². The van der Waals surface area contributed by atoms with Gasteiger partial charge in [-0.2, -0.15) is 0 Å². The second kappa shape index (κ2) is 54.2. The minimum Gasteiger partial charge on any atom is -0.462 e. The second-order valence-corrected chi connectivity index (χ2v) is 19.2. The Morgan fingerprint density at radius 3 is 0.969 bits per heavy atom. The Morgan fingerprint density at radius 2 is 0.600 bits per heavy atom. The van der Waals surface area contributed by atoms with Crippen molar-refractivity contribution in [3.05, 3.63) is 36.5 Å². The van der Waals surface area contributed by atoms with Crippen molar-refractivity contribution in [2.45, 2.75) is 309 Å². The molecule has 1 unspecified atom stereocenters. The van der Waals surface area contributed by atoms with E-state index in [-0.39, 0.29) is 31.1 Å². The molecule has 0 radical (unpaired) electrons.